The van der Waals surface area contributed by atoms with Crippen molar-refractivity contribution in [2.75, 3.05) is 6.54 Å². The molecule has 0 bridgehead atoms. The van der Waals surface area contributed by atoms with Crippen LogP contribution in [0.25, 0.3) is 0 Å². The van der Waals surface area contributed by atoms with Crippen LogP contribution in [-0.4, -0.2) is 6.54 Å². The highest BCUT2D eigenvalue weighted by Gasteiger charge is 2.10. The van der Waals surface area contributed by atoms with Gasteiger partial charge in [-0.25, -0.2) is 0 Å². The van der Waals surface area contributed by atoms with E-state index >= 15 is 0 Å². The smallest absolute Gasteiger partial charge is 0.0548 e. The van der Waals surface area contributed by atoms with Gasteiger partial charge < -0.3 is 5.73 Å². The lowest BCUT2D eigenvalue weighted by atomic mass is 10.1. The van der Waals surface area contributed by atoms with E-state index in [1.54, 1.807) is 11.8 Å². The lowest BCUT2D eigenvalue weighted by Crippen LogP contribution is -2.03. The highest BCUT2D eigenvalue weighted by Crippen LogP contribution is 2.37. The van der Waals surface area contributed by atoms with E-state index in [-0.39, 0.29) is 0 Å². The van der Waals surface area contributed by atoms with Crippen molar-refractivity contribution >= 4 is 23.4 Å². The van der Waals surface area contributed by atoms with Gasteiger partial charge in [0.1, 0.15) is 0 Å². The molecule has 0 saturated carbocycles. The van der Waals surface area contributed by atoms with Gasteiger partial charge >= 0.3 is 0 Å². The molecule has 0 aliphatic carbocycles. The van der Waals surface area contributed by atoms with Crippen molar-refractivity contribution in [3.8, 4) is 0 Å². The molecule has 2 rings (SSSR count). The van der Waals surface area contributed by atoms with Crippen LogP contribution in [-0.2, 0) is 6.42 Å². The molecule has 1 nitrogen and oxygen atoms in total. The Morgan fingerprint density at radius 3 is 2.63 bits per heavy atom. The number of halogens is 1. The number of hydrogen-bond donors (Lipinski definition) is 1. The average Bonchev–Trinajstić information content (AvgIpc) is 2.36. The summed E-state index contributed by atoms with van der Waals surface area (Å²) in [6.45, 7) is 4.88. The summed E-state index contributed by atoms with van der Waals surface area (Å²) >= 11 is 8.07. The van der Waals surface area contributed by atoms with Crippen LogP contribution in [0.1, 0.15) is 16.7 Å². The fourth-order valence-corrected chi connectivity index (χ4v) is 3.40. The van der Waals surface area contributed by atoms with Crippen LogP contribution in [0.4, 0.5) is 0 Å². The van der Waals surface area contributed by atoms with Gasteiger partial charge in [0.25, 0.3) is 0 Å². The second kappa shape index (κ2) is 6.47. The van der Waals surface area contributed by atoms with Gasteiger partial charge in [-0.15, -0.1) is 0 Å². The topological polar surface area (TPSA) is 26.0 Å². The summed E-state index contributed by atoms with van der Waals surface area (Å²) < 4.78 is 0. The standard InChI is InChI=1S/C16H18ClNS/c1-11-6-7-15(12(2)10-11)19-16-13(8-9-18)4-3-5-14(16)17/h3-7,10H,8-9,18H2,1-2H3. The van der Waals surface area contributed by atoms with Crippen LogP contribution in [0.3, 0.4) is 0 Å². The van der Waals surface area contributed by atoms with E-state index in [0.717, 1.165) is 16.3 Å². The molecule has 0 radical (unpaired) electrons. The van der Waals surface area contributed by atoms with Gasteiger partial charge in [0.2, 0.25) is 0 Å². The predicted molar refractivity (Wildman–Crippen MR) is 84.2 cm³/mol. The Labute approximate surface area is 124 Å². The van der Waals surface area contributed by atoms with Gasteiger partial charge in [-0.05, 0) is 50.1 Å². The molecule has 0 unspecified atom stereocenters. The minimum atomic E-state index is 0.640. The molecule has 3 heteroatoms. The highest BCUT2D eigenvalue weighted by molar-refractivity contribution is 7.99. The lowest BCUT2D eigenvalue weighted by molar-refractivity contribution is 0.944. The summed E-state index contributed by atoms with van der Waals surface area (Å²) in [6.07, 6.45) is 0.855. The predicted octanol–water partition coefficient (Wildman–Crippen LogP) is 4.61. The summed E-state index contributed by atoms with van der Waals surface area (Å²) in [7, 11) is 0. The highest BCUT2D eigenvalue weighted by atomic mass is 35.5. The van der Waals surface area contributed by atoms with E-state index in [0.29, 0.717) is 6.54 Å². The van der Waals surface area contributed by atoms with Crippen LogP contribution in [0.2, 0.25) is 5.02 Å². The fourth-order valence-electron chi connectivity index (χ4n) is 2.04. The monoisotopic (exact) mass is 291 g/mol. The number of rotatable bonds is 4. The summed E-state index contributed by atoms with van der Waals surface area (Å²) in [5.74, 6) is 0. The van der Waals surface area contributed by atoms with Crippen molar-refractivity contribution in [2.24, 2.45) is 5.73 Å². The second-order valence-corrected chi connectivity index (χ2v) is 6.10. The molecule has 0 heterocycles. The Morgan fingerprint density at radius 1 is 1.16 bits per heavy atom. The Balaban J connectivity index is 2.37. The van der Waals surface area contributed by atoms with Gasteiger partial charge in [-0.3, -0.25) is 0 Å². The Hall–Kier alpha value is -0.960. The molecule has 0 saturated heterocycles. The molecular formula is C16H18ClNS. The number of aryl methyl sites for hydroxylation is 2. The van der Waals surface area contributed by atoms with E-state index in [1.165, 1.54) is 21.6 Å². The van der Waals surface area contributed by atoms with Gasteiger partial charge in [0.05, 0.1) is 5.02 Å². The molecule has 0 aliphatic heterocycles. The molecule has 0 amide bonds. The first-order valence-electron chi connectivity index (χ1n) is 6.34. The Bertz CT molecular complexity index is 581. The molecular weight excluding hydrogens is 274 g/mol. The van der Waals surface area contributed by atoms with Crippen molar-refractivity contribution in [3.63, 3.8) is 0 Å². The Morgan fingerprint density at radius 2 is 1.95 bits per heavy atom. The zero-order chi connectivity index (χ0) is 13.8. The molecule has 2 aromatic rings. The third-order valence-electron chi connectivity index (χ3n) is 3.00. The summed E-state index contributed by atoms with van der Waals surface area (Å²) in [6, 6.07) is 12.5. The second-order valence-electron chi connectivity index (χ2n) is 4.64. The number of benzene rings is 2. The summed E-state index contributed by atoms with van der Waals surface area (Å²) in [4.78, 5) is 2.37. The van der Waals surface area contributed by atoms with Crippen molar-refractivity contribution < 1.29 is 0 Å². The molecule has 2 N–H and O–H groups in total. The minimum absolute atomic E-state index is 0.640. The summed E-state index contributed by atoms with van der Waals surface area (Å²) in [5.41, 5.74) is 9.45. The molecule has 0 aromatic heterocycles. The zero-order valence-corrected chi connectivity index (χ0v) is 12.8. The van der Waals surface area contributed by atoms with Crippen molar-refractivity contribution in [2.45, 2.75) is 30.1 Å². The third kappa shape index (κ3) is 3.53. The molecule has 100 valence electrons. The normalized spacial score (nSPS) is 10.7. The zero-order valence-electron chi connectivity index (χ0n) is 11.2. The SMILES string of the molecule is Cc1ccc(Sc2c(Cl)cccc2CCN)c(C)c1. The number of hydrogen-bond acceptors (Lipinski definition) is 2. The van der Waals surface area contributed by atoms with Crippen molar-refractivity contribution in [1.29, 1.82) is 0 Å². The van der Waals surface area contributed by atoms with Crippen LogP contribution in [0.5, 0.6) is 0 Å². The maximum atomic E-state index is 6.34. The molecule has 0 aliphatic rings. The largest absolute Gasteiger partial charge is 0.330 e. The maximum Gasteiger partial charge on any atom is 0.0548 e. The summed E-state index contributed by atoms with van der Waals surface area (Å²) in [5, 5.41) is 0.802. The molecule has 0 atom stereocenters. The van der Waals surface area contributed by atoms with Gasteiger partial charge in [0, 0.05) is 9.79 Å². The first-order chi connectivity index (χ1) is 9.11. The van der Waals surface area contributed by atoms with Gasteiger partial charge in [-0.2, -0.15) is 0 Å². The molecule has 19 heavy (non-hydrogen) atoms. The van der Waals surface area contributed by atoms with Crippen molar-refractivity contribution in [1.82, 2.24) is 0 Å². The van der Waals surface area contributed by atoms with E-state index in [1.807, 2.05) is 12.1 Å². The molecule has 0 fully saturated rings. The molecule has 2 aromatic carbocycles. The van der Waals surface area contributed by atoms with Crippen LogP contribution < -0.4 is 5.73 Å². The van der Waals surface area contributed by atoms with E-state index in [4.69, 9.17) is 17.3 Å². The van der Waals surface area contributed by atoms with E-state index in [9.17, 15) is 0 Å². The van der Waals surface area contributed by atoms with E-state index < -0.39 is 0 Å². The van der Waals surface area contributed by atoms with Gasteiger partial charge in [-0.1, -0.05) is 53.2 Å². The lowest BCUT2D eigenvalue weighted by Gasteiger charge is -2.12. The van der Waals surface area contributed by atoms with Crippen LogP contribution >= 0.6 is 23.4 Å². The first kappa shape index (κ1) is 14.4. The first-order valence-corrected chi connectivity index (χ1v) is 7.54. The molecule has 0 spiro atoms. The minimum Gasteiger partial charge on any atom is -0.330 e. The van der Waals surface area contributed by atoms with Gasteiger partial charge in [0.15, 0.2) is 0 Å². The quantitative estimate of drug-likeness (QED) is 0.890. The van der Waals surface area contributed by atoms with Crippen LogP contribution in [0, 0.1) is 13.8 Å². The fraction of sp³-hybridized carbons (Fsp3) is 0.250. The van der Waals surface area contributed by atoms with Crippen LogP contribution in [0.15, 0.2) is 46.2 Å². The van der Waals surface area contributed by atoms with Crippen molar-refractivity contribution in [3.05, 3.63) is 58.1 Å². The average molecular weight is 292 g/mol. The maximum absolute atomic E-state index is 6.34. The van der Waals surface area contributed by atoms with E-state index in [2.05, 4.69) is 38.1 Å². The third-order valence-corrected chi connectivity index (χ3v) is 4.80. The number of nitrogens with two attached hydrogens (primary N) is 1. The Kier molecular flexibility index (Phi) is 4.92.